The Labute approximate surface area is 177 Å². The Morgan fingerprint density at radius 3 is 2.72 bits per heavy atom. The lowest BCUT2D eigenvalue weighted by atomic mass is 10.0. The van der Waals surface area contributed by atoms with Crippen molar-refractivity contribution < 1.29 is 9.47 Å². The minimum absolute atomic E-state index is 0.291. The van der Waals surface area contributed by atoms with Crippen molar-refractivity contribution in [1.29, 1.82) is 0 Å². The van der Waals surface area contributed by atoms with E-state index in [4.69, 9.17) is 14.5 Å². The number of anilines is 1. The van der Waals surface area contributed by atoms with Crippen LogP contribution in [0, 0.1) is 11.8 Å². The molecule has 0 aliphatic carbocycles. The molecule has 0 saturated carbocycles. The van der Waals surface area contributed by atoms with Crippen LogP contribution >= 0.6 is 0 Å². The zero-order valence-corrected chi connectivity index (χ0v) is 18.9. The summed E-state index contributed by atoms with van der Waals surface area (Å²) in [4.78, 5) is 7.26. The number of aliphatic imine (C=N–C) groups is 1. The van der Waals surface area contributed by atoms with Crippen molar-refractivity contribution in [1.82, 2.24) is 10.6 Å². The van der Waals surface area contributed by atoms with Crippen LogP contribution in [0.2, 0.25) is 0 Å². The zero-order chi connectivity index (χ0) is 21.1. The third-order valence-electron chi connectivity index (χ3n) is 5.41. The maximum atomic E-state index is 5.84. The van der Waals surface area contributed by atoms with E-state index in [-0.39, 0.29) is 0 Å². The molecule has 0 bridgehead atoms. The molecule has 1 aromatic carbocycles. The smallest absolute Gasteiger partial charge is 0.191 e. The summed E-state index contributed by atoms with van der Waals surface area (Å²) in [6, 6.07) is 8.26. The summed E-state index contributed by atoms with van der Waals surface area (Å²) >= 11 is 0. The summed E-state index contributed by atoms with van der Waals surface area (Å²) in [5, 5.41) is 6.84. The number of rotatable bonds is 11. The molecule has 29 heavy (non-hydrogen) atoms. The van der Waals surface area contributed by atoms with Gasteiger partial charge in [-0.2, -0.15) is 0 Å². The van der Waals surface area contributed by atoms with E-state index >= 15 is 0 Å². The van der Waals surface area contributed by atoms with E-state index in [0.29, 0.717) is 17.9 Å². The first-order chi connectivity index (χ1) is 14.1. The van der Waals surface area contributed by atoms with E-state index in [0.717, 1.165) is 63.9 Å². The highest BCUT2D eigenvalue weighted by Gasteiger charge is 2.24. The summed E-state index contributed by atoms with van der Waals surface area (Å²) in [7, 11) is 1.74. The van der Waals surface area contributed by atoms with Gasteiger partial charge in [0.1, 0.15) is 5.75 Å². The Kier molecular flexibility index (Phi) is 10.1. The van der Waals surface area contributed by atoms with Gasteiger partial charge in [-0.25, -0.2) is 0 Å². The lowest BCUT2D eigenvalue weighted by molar-refractivity contribution is 0.0258. The van der Waals surface area contributed by atoms with Crippen LogP contribution in [0.4, 0.5) is 5.69 Å². The number of nitrogens with zero attached hydrogens (tertiary/aromatic N) is 2. The van der Waals surface area contributed by atoms with E-state index in [1.165, 1.54) is 5.69 Å². The molecule has 0 radical (unpaired) electrons. The van der Waals surface area contributed by atoms with Crippen LogP contribution in [0.3, 0.4) is 0 Å². The highest BCUT2D eigenvalue weighted by Crippen LogP contribution is 2.31. The average molecular weight is 405 g/mol. The molecular formula is C23H40N4O2. The van der Waals surface area contributed by atoms with Crippen LogP contribution in [0.25, 0.3) is 0 Å². The lowest BCUT2D eigenvalue weighted by Gasteiger charge is -2.22. The summed E-state index contributed by atoms with van der Waals surface area (Å²) in [6.07, 6.45) is 2.43. The molecule has 1 aromatic rings. The first-order valence-corrected chi connectivity index (χ1v) is 11.1. The average Bonchev–Trinajstić information content (AvgIpc) is 3.20. The van der Waals surface area contributed by atoms with Crippen LogP contribution in [0.5, 0.6) is 5.75 Å². The molecule has 0 amide bonds. The highest BCUT2D eigenvalue weighted by molar-refractivity contribution is 5.79. The molecule has 2 unspecified atom stereocenters. The van der Waals surface area contributed by atoms with Crippen LogP contribution in [0.15, 0.2) is 29.3 Å². The van der Waals surface area contributed by atoms with Crippen LogP contribution in [-0.2, 0) is 4.74 Å². The van der Waals surface area contributed by atoms with Gasteiger partial charge in [0.05, 0.1) is 18.9 Å². The van der Waals surface area contributed by atoms with Gasteiger partial charge in [-0.15, -0.1) is 0 Å². The molecule has 1 aliphatic heterocycles. The Hall–Kier alpha value is -1.95. The van der Waals surface area contributed by atoms with Crippen LogP contribution < -0.4 is 20.3 Å². The maximum absolute atomic E-state index is 5.84. The highest BCUT2D eigenvalue weighted by atomic mass is 16.5. The standard InChI is InChI=1S/C23H40N4O2/c1-6-24-23(25-14-12-21(18(3)4)29-7-2)26-16-19-13-15-27(17-19)20-10-8-9-11-22(20)28-5/h8-11,18-19,21H,6-7,12-17H2,1-5H3,(H2,24,25,26). The molecule has 1 saturated heterocycles. The molecule has 2 atom stereocenters. The Balaban J connectivity index is 1.85. The minimum atomic E-state index is 0.291. The number of nitrogens with one attached hydrogen (secondary N) is 2. The van der Waals surface area contributed by atoms with Crippen molar-refractivity contribution in [3.63, 3.8) is 0 Å². The van der Waals surface area contributed by atoms with Gasteiger partial charge in [0.25, 0.3) is 0 Å². The first kappa shape index (κ1) is 23.3. The number of guanidine groups is 1. The van der Waals surface area contributed by atoms with Gasteiger partial charge in [-0.3, -0.25) is 4.99 Å². The van der Waals surface area contributed by atoms with Gasteiger partial charge in [0, 0.05) is 39.3 Å². The van der Waals surface area contributed by atoms with Crippen molar-refractivity contribution in [3.05, 3.63) is 24.3 Å². The third kappa shape index (κ3) is 7.42. The zero-order valence-electron chi connectivity index (χ0n) is 18.9. The number of ether oxygens (including phenoxy) is 2. The molecule has 0 aromatic heterocycles. The number of methoxy groups -OCH3 is 1. The fourth-order valence-corrected chi connectivity index (χ4v) is 3.81. The largest absolute Gasteiger partial charge is 0.495 e. The first-order valence-electron chi connectivity index (χ1n) is 11.1. The van der Waals surface area contributed by atoms with E-state index in [2.05, 4.69) is 55.4 Å². The number of benzene rings is 1. The summed E-state index contributed by atoms with van der Waals surface area (Å²) in [5.74, 6) is 2.93. The second kappa shape index (κ2) is 12.6. The number of hydrogen-bond acceptors (Lipinski definition) is 4. The van der Waals surface area contributed by atoms with Crippen LogP contribution in [0.1, 0.15) is 40.5 Å². The van der Waals surface area contributed by atoms with Crippen molar-refractivity contribution in [2.75, 3.05) is 51.3 Å². The molecule has 6 heteroatoms. The fraction of sp³-hybridized carbons (Fsp3) is 0.696. The third-order valence-corrected chi connectivity index (χ3v) is 5.41. The van der Waals surface area contributed by atoms with Crippen LogP contribution in [-0.4, -0.2) is 58.5 Å². The fourth-order valence-electron chi connectivity index (χ4n) is 3.81. The topological polar surface area (TPSA) is 58.1 Å². The van der Waals surface area contributed by atoms with Crippen molar-refractivity contribution in [2.45, 2.75) is 46.6 Å². The predicted octanol–water partition coefficient (Wildman–Crippen LogP) is 3.53. The molecule has 6 nitrogen and oxygen atoms in total. The molecule has 164 valence electrons. The number of para-hydroxylation sites is 2. The van der Waals surface area contributed by atoms with Crippen molar-refractivity contribution in [3.8, 4) is 5.75 Å². The lowest BCUT2D eigenvalue weighted by Crippen LogP contribution is -2.39. The van der Waals surface area contributed by atoms with Gasteiger partial charge in [0.2, 0.25) is 0 Å². The second-order valence-electron chi connectivity index (χ2n) is 7.95. The molecule has 2 rings (SSSR count). The Morgan fingerprint density at radius 2 is 2.03 bits per heavy atom. The minimum Gasteiger partial charge on any atom is -0.495 e. The van der Waals surface area contributed by atoms with E-state index in [1.807, 2.05) is 12.1 Å². The molecular weight excluding hydrogens is 364 g/mol. The normalized spacial score (nSPS) is 18.2. The SMILES string of the molecule is CCNC(=NCC1CCN(c2ccccc2OC)C1)NCCC(OCC)C(C)C. The Morgan fingerprint density at radius 1 is 1.24 bits per heavy atom. The van der Waals surface area contributed by atoms with E-state index in [1.54, 1.807) is 7.11 Å². The maximum Gasteiger partial charge on any atom is 0.191 e. The van der Waals surface area contributed by atoms with Gasteiger partial charge >= 0.3 is 0 Å². The van der Waals surface area contributed by atoms with Crippen molar-refractivity contribution >= 4 is 11.6 Å². The monoisotopic (exact) mass is 404 g/mol. The van der Waals surface area contributed by atoms with E-state index in [9.17, 15) is 0 Å². The van der Waals surface area contributed by atoms with Gasteiger partial charge in [-0.05, 0) is 50.7 Å². The quantitative estimate of drug-likeness (QED) is 0.436. The molecule has 1 aliphatic rings. The summed E-state index contributed by atoms with van der Waals surface area (Å²) in [6.45, 7) is 14.0. The summed E-state index contributed by atoms with van der Waals surface area (Å²) < 4.78 is 11.4. The summed E-state index contributed by atoms with van der Waals surface area (Å²) in [5.41, 5.74) is 1.18. The molecule has 1 heterocycles. The van der Waals surface area contributed by atoms with Gasteiger partial charge < -0.3 is 25.0 Å². The molecule has 2 N–H and O–H groups in total. The van der Waals surface area contributed by atoms with Gasteiger partial charge in [0.15, 0.2) is 5.96 Å². The molecule has 0 spiro atoms. The van der Waals surface area contributed by atoms with Crippen molar-refractivity contribution in [2.24, 2.45) is 16.8 Å². The predicted molar refractivity (Wildman–Crippen MR) is 122 cm³/mol. The number of hydrogen-bond donors (Lipinski definition) is 2. The second-order valence-corrected chi connectivity index (χ2v) is 7.95. The van der Waals surface area contributed by atoms with E-state index < -0.39 is 0 Å². The molecule has 1 fully saturated rings. The van der Waals surface area contributed by atoms with Gasteiger partial charge in [-0.1, -0.05) is 26.0 Å². The Bertz CT molecular complexity index is 621.